The summed E-state index contributed by atoms with van der Waals surface area (Å²) in [5, 5.41) is 12.7. The first-order valence-corrected chi connectivity index (χ1v) is 6.60. The Kier molecular flexibility index (Phi) is 6.02. The van der Waals surface area contributed by atoms with Gasteiger partial charge in [-0.1, -0.05) is 20.8 Å². The predicted octanol–water partition coefficient (Wildman–Crippen LogP) is 2.40. The fourth-order valence-corrected chi connectivity index (χ4v) is 1.74. The summed E-state index contributed by atoms with van der Waals surface area (Å²) in [6.45, 7) is 6.32. The first-order chi connectivity index (χ1) is 9.26. The number of hydrogen-bond donors (Lipinski definition) is 2. The van der Waals surface area contributed by atoms with Crippen LogP contribution in [-0.4, -0.2) is 27.2 Å². The highest BCUT2D eigenvalue weighted by Crippen LogP contribution is 2.24. The number of rotatable bonds is 4. The van der Waals surface area contributed by atoms with Gasteiger partial charge < -0.3 is 15.0 Å². The van der Waals surface area contributed by atoms with Crippen LogP contribution in [0.25, 0.3) is 11.0 Å². The highest BCUT2D eigenvalue weighted by atomic mass is 16.3. The van der Waals surface area contributed by atoms with Gasteiger partial charge in [0.2, 0.25) is 5.91 Å². The lowest BCUT2D eigenvalue weighted by molar-refractivity contribution is -0.115. The average Bonchev–Trinajstić information content (AvgIpc) is 2.80. The van der Waals surface area contributed by atoms with Crippen molar-refractivity contribution in [2.24, 2.45) is 0 Å². The lowest BCUT2D eigenvalue weighted by atomic mass is 10.3. The van der Waals surface area contributed by atoms with Crippen LogP contribution in [0.4, 0.5) is 5.69 Å². The second kappa shape index (κ2) is 7.53. The minimum atomic E-state index is -0.0306. The van der Waals surface area contributed by atoms with Crippen molar-refractivity contribution >= 4 is 22.6 Å². The van der Waals surface area contributed by atoms with Gasteiger partial charge in [0.25, 0.3) is 0 Å². The van der Waals surface area contributed by atoms with E-state index in [1.54, 1.807) is 19.3 Å². The molecule has 1 amide bonds. The molecular weight excluding hydrogens is 242 g/mol. The van der Waals surface area contributed by atoms with Crippen LogP contribution in [0.3, 0.4) is 0 Å². The SMILES string of the molecule is CC.CCC(=O)Nc1cn(CCO)c2ncccc12. The van der Waals surface area contributed by atoms with Gasteiger partial charge in [-0.25, -0.2) is 4.98 Å². The van der Waals surface area contributed by atoms with Gasteiger partial charge >= 0.3 is 0 Å². The van der Waals surface area contributed by atoms with E-state index in [9.17, 15) is 4.79 Å². The maximum absolute atomic E-state index is 11.4. The van der Waals surface area contributed by atoms with Crippen LogP contribution in [0.15, 0.2) is 24.5 Å². The number of amides is 1. The quantitative estimate of drug-likeness (QED) is 0.890. The molecule has 5 nitrogen and oxygen atoms in total. The number of carbonyl (C=O) groups excluding carboxylic acids is 1. The molecule has 2 N–H and O–H groups in total. The normalized spacial score (nSPS) is 9.89. The van der Waals surface area contributed by atoms with Gasteiger partial charge in [-0.2, -0.15) is 0 Å². The molecule has 0 spiro atoms. The Morgan fingerprint density at radius 1 is 1.47 bits per heavy atom. The zero-order chi connectivity index (χ0) is 14.3. The molecule has 2 aromatic heterocycles. The Bertz CT molecular complexity index is 534. The number of nitrogens with one attached hydrogen (secondary N) is 1. The zero-order valence-corrected chi connectivity index (χ0v) is 11.7. The number of hydrogen-bond acceptors (Lipinski definition) is 3. The average molecular weight is 263 g/mol. The van der Waals surface area contributed by atoms with Crippen molar-refractivity contribution in [1.82, 2.24) is 9.55 Å². The summed E-state index contributed by atoms with van der Waals surface area (Å²) >= 11 is 0. The fourth-order valence-electron chi connectivity index (χ4n) is 1.74. The standard InChI is InChI=1S/C12H15N3O2.C2H6/c1-2-11(17)14-10-8-15(6-7-16)12-9(10)4-3-5-13-12;1-2/h3-5,8,16H,2,6-7H2,1H3,(H,14,17);1-2H3. The molecule has 0 bridgehead atoms. The highest BCUT2D eigenvalue weighted by Gasteiger charge is 2.10. The Morgan fingerprint density at radius 3 is 2.84 bits per heavy atom. The molecule has 19 heavy (non-hydrogen) atoms. The van der Waals surface area contributed by atoms with Gasteiger partial charge in [0, 0.05) is 30.7 Å². The van der Waals surface area contributed by atoms with Crippen molar-refractivity contribution < 1.29 is 9.90 Å². The van der Waals surface area contributed by atoms with Gasteiger partial charge in [0.1, 0.15) is 5.65 Å². The molecule has 0 saturated heterocycles. The van der Waals surface area contributed by atoms with E-state index in [4.69, 9.17) is 5.11 Å². The van der Waals surface area contributed by atoms with Gasteiger partial charge in [-0.3, -0.25) is 4.79 Å². The molecule has 0 atom stereocenters. The number of aromatic nitrogens is 2. The number of aliphatic hydroxyl groups excluding tert-OH is 1. The first-order valence-electron chi connectivity index (χ1n) is 6.60. The summed E-state index contributed by atoms with van der Waals surface area (Å²) in [6, 6.07) is 3.73. The van der Waals surface area contributed by atoms with Crippen LogP contribution in [-0.2, 0) is 11.3 Å². The van der Waals surface area contributed by atoms with Crippen molar-refractivity contribution in [2.45, 2.75) is 33.7 Å². The number of nitrogens with zero attached hydrogens (tertiary/aromatic N) is 2. The summed E-state index contributed by atoms with van der Waals surface area (Å²) in [5.74, 6) is -0.0306. The topological polar surface area (TPSA) is 67.2 Å². The second-order valence-corrected chi connectivity index (χ2v) is 3.74. The van der Waals surface area contributed by atoms with Crippen LogP contribution in [0, 0.1) is 0 Å². The lowest BCUT2D eigenvalue weighted by Gasteiger charge is -1.99. The molecule has 0 aromatic carbocycles. The van der Waals surface area contributed by atoms with Crippen LogP contribution in [0.5, 0.6) is 0 Å². The van der Waals surface area contributed by atoms with Crippen molar-refractivity contribution in [3.8, 4) is 0 Å². The molecule has 0 aliphatic rings. The monoisotopic (exact) mass is 263 g/mol. The van der Waals surface area contributed by atoms with E-state index in [-0.39, 0.29) is 12.5 Å². The molecule has 0 radical (unpaired) electrons. The van der Waals surface area contributed by atoms with E-state index >= 15 is 0 Å². The van der Waals surface area contributed by atoms with Crippen molar-refractivity contribution in [3.05, 3.63) is 24.5 Å². The molecule has 0 unspecified atom stereocenters. The number of anilines is 1. The summed E-state index contributed by atoms with van der Waals surface area (Å²) in [4.78, 5) is 15.7. The molecular formula is C14H21N3O2. The second-order valence-electron chi connectivity index (χ2n) is 3.74. The first kappa shape index (κ1) is 15.2. The molecule has 2 aromatic rings. The lowest BCUT2D eigenvalue weighted by Crippen LogP contribution is -2.09. The van der Waals surface area contributed by atoms with Gasteiger partial charge in [-0.05, 0) is 12.1 Å². The van der Waals surface area contributed by atoms with Crippen molar-refractivity contribution in [2.75, 3.05) is 11.9 Å². The number of aliphatic hydroxyl groups is 1. The summed E-state index contributed by atoms with van der Waals surface area (Å²) in [7, 11) is 0. The highest BCUT2D eigenvalue weighted by molar-refractivity contribution is 6.00. The van der Waals surface area contributed by atoms with Gasteiger partial charge in [0.05, 0.1) is 12.3 Å². The van der Waals surface area contributed by atoms with Crippen LogP contribution >= 0.6 is 0 Å². The summed E-state index contributed by atoms with van der Waals surface area (Å²) in [6.07, 6.45) is 3.94. The molecule has 2 rings (SSSR count). The molecule has 0 saturated carbocycles. The van der Waals surface area contributed by atoms with Crippen LogP contribution < -0.4 is 5.32 Å². The Morgan fingerprint density at radius 2 is 2.21 bits per heavy atom. The minimum absolute atomic E-state index is 0.0306. The molecule has 0 aliphatic carbocycles. The van der Waals surface area contributed by atoms with Crippen LogP contribution in [0.2, 0.25) is 0 Å². The van der Waals surface area contributed by atoms with E-state index in [2.05, 4.69) is 10.3 Å². The largest absolute Gasteiger partial charge is 0.395 e. The third-order valence-electron chi connectivity index (χ3n) is 2.57. The maximum atomic E-state index is 11.4. The van der Waals surface area contributed by atoms with Crippen molar-refractivity contribution in [3.63, 3.8) is 0 Å². The van der Waals surface area contributed by atoms with E-state index in [1.165, 1.54) is 0 Å². The van der Waals surface area contributed by atoms with E-state index < -0.39 is 0 Å². The predicted molar refractivity (Wildman–Crippen MR) is 77.1 cm³/mol. The molecule has 0 aliphatic heterocycles. The Hall–Kier alpha value is -1.88. The van der Waals surface area contributed by atoms with E-state index in [0.717, 1.165) is 16.7 Å². The van der Waals surface area contributed by atoms with Crippen LogP contribution in [0.1, 0.15) is 27.2 Å². The zero-order valence-electron chi connectivity index (χ0n) is 11.7. The van der Waals surface area contributed by atoms with Gasteiger partial charge in [-0.15, -0.1) is 0 Å². The van der Waals surface area contributed by atoms with Gasteiger partial charge in [0.15, 0.2) is 0 Å². The number of carbonyl (C=O) groups is 1. The third kappa shape index (κ3) is 3.54. The minimum Gasteiger partial charge on any atom is -0.395 e. The molecule has 0 fully saturated rings. The number of fused-ring (bicyclic) bond motifs is 1. The van der Waals surface area contributed by atoms with Crippen molar-refractivity contribution in [1.29, 1.82) is 0 Å². The fraction of sp³-hybridized carbons (Fsp3) is 0.429. The maximum Gasteiger partial charge on any atom is 0.224 e. The molecule has 104 valence electrons. The van der Waals surface area contributed by atoms with E-state index in [1.807, 2.05) is 30.5 Å². The van der Waals surface area contributed by atoms with E-state index in [0.29, 0.717) is 13.0 Å². The number of pyridine rings is 1. The third-order valence-corrected chi connectivity index (χ3v) is 2.57. The summed E-state index contributed by atoms with van der Waals surface area (Å²) < 4.78 is 1.83. The Balaban J connectivity index is 0.000000861. The molecule has 5 heteroatoms. The smallest absolute Gasteiger partial charge is 0.224 e. The molecule has 2 heterocycles. The summed E-state index contributed by atoms with van der Waals surface area (Å²) in [5.41, 5.74) is 1.52. The Labute approximate surface area is 113 Å².